The third-order valence-electron chi connectivity index (χ3n) is 2.00. The summed E-state index contributed by atoms with van der Waals surface area (Å²) in [5, 5.41) is 4.89. The summed E-state index contributed by atoms with van der Waals surface area (Å²) in [6.45, 7) is 0.468. The first-order valence-electron chi connectivity index (χ1n) is 4.69. The molecule has 0 aliphatic rings. The fraction of sp³-hybridized carbons (Fsp3) is 0.200. The van der Waals surface area contributed by atoms with Crippen LogP contribution in [0, 0.1) is 0 Å². The van der Waals surface area contributed by atoms with Gasteiger partial charge in [0.05, 0.1) is 5.02 Å². The highest BCUT2D eigenvalue weighted by molar-refractivity contribution is 6.36. The van der Waals surface area contributed by atoms with Crippen LogP contribution in [0.3, 0.4) is 0 Å². The molecular formula is C10H9Cl2N3O. The molecule has 6 heteroatoms. The highest BCUT2D eigenvalue weighted by Crippen LogP contribution is 2.28. The smallest absolute Gasteiger partial charge is 0.228 e. The van der Waals surface area contributed by atoms with Crippen LogP contribution in [0.15, 0.2) is 22.7 Å². The Morgan fingerprint density at radius 3 is 2.81 bits per heavy atom. The second-order valence-electron chi connectivity index (χ2n) is 3.17. The van der Waals surface area contributed by atoms with Crippen LogP contribution in [0.4, 0.5) is 0 Å². The predicted molar refractivity (Wildman–Crippen MR) is 62.5 cm³/mol. The molecule has 0 fully saturated rings. The maximum Gasteiger partial charge on any atom is 0.228 e. The third kappa shape index (κ3) is 2.35. The van der Waals surface area contributed by atoms with Gasteiger partial charge in [0, 0.05) is 23.6 Å². The molecule has 1 aromatic heterocycles. The Hall–Kier alpha value is -1.10. The molecule has 1 aromatic carbocycles. The molecule has 1 heterocycles. The van der Waals surface area contributed by atoms with Gasteiger partial charge in [0.15, 0.2) is 0 Å². The zero-order chi connectivity index (χ0) is 11.5. The average Bonchev–Trinajstić information content (AvgIpc) is 2.67. The SMILES string of the molecule is NCCc1nc(-c2ccc(Cl)cc2Cl)no1. The Balaban J connectivity index is 2.35. The van der Waals surface area contributed by atoms with Crippen molar-refractivity contribution in [3.05, 3.63) is 34.1 Å². The third-order valence-corrected chi connectivity index (χ3v) is 2.55. The zero-order valence-corrected chi connectivity index (χ0v) is 9.79. The lowest BCUT2D eigenvalue weighted by Gasteiger charge is -1.98. The molecule has 0 saturated heterocycles. The Labute approximate surface area is 102 Å². The van der Waals surface area contributed by atoms with E-state index in [4.69, 9.17) is 33.5 Å². The van der Waals surface area contributed by atoms with Crippen molar-refractivity contribution in [1.29, 1.82) is 0 Å². The average molecular weight is 258 g/mol. The number of hydrogen-bond acceptors (Lipinski definition) is 4. The van der Waals surface area contributed by atoms with Gasteiger partial charge >= 0.3 is 0 Å². The van der Waals surface area contributed by atoms with Gasteiger partial charge in [0.2, 0.25) is 11.7 Å². The largest absolute Gasteiger partial charge is 0.339 e. The van der Waals surface area contributed by atoms with E-state index >= 15 is 0 Å². The predicted octanol–water partition coefficient (Wildman–Crippen LogP) is 2.54. The Morgan fingerprint density at radius 2 is 2.12 bits per heavy atom. The molecule has 0 unspecified atom stereocenters. The summed E-state index contributed by atoms with van der Waals surface area (Å²) < 4.78 is 5.01. The molecule has 0 bridgehead atoms. The van der Waals surface area contributed by atoms with Crippen molar-refractivity contribution >= 4 is 23.2 Å². The Kier molecular flexibility index (Phi) is 3.43. The highest BCUT2D eigenvalue weighted by atomic mass is 35.5. The molecular weight excluding hydrogens is 249 g/mol. The van der Waals surface area contributed by atoms with Crippen LogP contribution in [-0.4, -0.2) is 16.7 Å². The summed E-state index contributed by atoms with van der Waals surface area (Å²) in [5.74, 6) is 0.952. The summed E-state index contributed by atoms with van der Waals surface area (Å²) in [6.07, 6.45) is 0.554. The Bertz CT molecular complexity index is 499. The maximum atomic E-state index is 6.02. The topological polar surface area (TPSA) is 64.9 Å². The number of nitrogens with two attached hydrogens (primary N) is 1. The zero-order valence-electron chi connectivity index (χ0n) is 8.28. The van der Waals surface area contributed by atoms with E-state index in [1.165, 1.54) is 0 Å². The first kappa shape index (κ1) is 11.4. The van der Waals surface area contributed by atoms with Gasteiger partial charge in [-0.3, -0.25) is 0 Å². The van der Waals surface area contributed by atoms with Crippen molar-refractivity contribution in [1.82, 2.24) is 10.1 Å². The monoisotopic (exact) mass is 257 g/mol. The van der Waals surface area contributed by atoms with Gasteiger partial charge in [0.25, 0.3) is 0 Å². The lowest BCUT2D eigenvalue weighted by atomic mass is 10.2. The van der Waals surface area contributed by atoms with Crippen molar-refractivity contribution in [2.24, 2.45) is 5.73 Å². The van der Waals surface area contributed by atoms with E-state index in [0.717, 1.165) is 0 Å². The van der Waals surface area contributed by atoms with Crippen molar-refractivity contribution < 1.29 is 4.52 Å². The van der Waals surface area contributed by atoms with Crippen LogP contribution in [-0.2, 0) is 6.42 Å². The summed E-state index contributed by atoms with van der Waals surface area (Å²) >= 11 is 11.8. The second-order valence-corrected chi connectivity index (χ2v) is 4.02. The van der Waals surface area contributed by atoms with Crippen LogP contribution in [0.5, 0.6) is 0 Å². The minimum absolute atomic E-state index is 0.449. The molecule has 0 radical (unpaired) electrons. The lowest BCUT2D eigenvalue weighted by molar-refractivity contribution is 0.380. The van der Waals surface area contributed by atoms with Crippen LogP contribution < -0.4 is 5.73 Å². The minimum atomic E-state index is 0.449. The molecule has 84 valence electrons. The fourth-order valence-corrected chi connectivity index (χ4v) is 1.75. The molecule has 4 nitrogen and oxygen atoms in total. The second kappa shape index (κ2) is 4.82. The molecule has 0 saturated carbocycles. The van der Waals surface area contributed by atoms with Crippen LogP contribution in [0.2, 0.25) is 10.0 Å². The van der Waals surface area contributed by atoms with Crippen LogP contribution in [0.1, 0.15) is 5.89 Å². The van der Waals surface area contributed by atoms with Crippen molar-refractivity contribution in [2.75, 3.05) is 6.54 Å². The first-order chi connectivity index (χ1) is 7.70. The molecule has 0 spiro atoms. The van der Waals surface area contributed by atoms with Crippen LogP contribution >= 0.6 is 23.2 Å². The number of nitrogens with zero attached hydrogens (tertiary/aromatic N) is 2. The van der Waals surface area contributed by atoms with Gasteiger partial charge in [-0.05, 0) is 18.2 Å². The van der Waals surface area contributed by atoms with E-state index in [2.05, 4.69) is 10.1 Å². The van der Waals surface area contributed by atoms with Crippen molar-refractivity contribution in [3.8, 4) is 11.4 Å². The Morgan fingerprint density at radius 1 is 1.31 bits per heavy atom. The maximum absolute atomic E-state index is 6.02. The number of rotatable bonds is 3. The molecule has 0 atom stereocenters. The summed E-state index contributed by atoms with van der Waals surface area (Å²) in [5.41, 5.74) is 6.08. The van der Waals surface area contributed by atoms with Gasteiger partial charge in [0.1, 0.15) is 0 Å². The quantitative estimate of drug-likeness (QED) is 0.918. The van der Waals surface area contributed by atoms with Crippen molar-refractivity contribution in [3.63, 3.8) is 0 Å². The van der Waals surface area contributed by atoms with Crippen LogP contribution in [0.25, 0.3) is 11.4 Å². The molecule has 2 aromatic rings. The molecule has 2 rings (SSSR count). The molecule has 0 amide bonds. The summed E-state index contributed by atoms with van der Waals surface area (Å²) in [4.78, 5) is 4.18. The van der Waals surface area contributed by atoms with E-state index in [-0.39, 0.29) is 0 Å². The van der Waals surface area contributed by atoms with Gasteiger partial charge < -0.3 is 10.3 Å². The van der Waals surface area contributed by atoms with Gasteiger partial charge in [-0.2, -0.15) is 4.98 Å². The fourth-order valence-electron chi connectivity index (χ4n) is 1.26. The molecule has 0 aliphatic carbocycles. The van der Waals surface area contributed by atoms with E-state index in [1.54, 1.807) is 18.2 Å². The van der Waals surface area contributed by atoms with Gasteiger partial charge in [-0.25, -0.2) is 0 Å². The first-order valence-corrected chi connectivity index (χ1v) is 5.44. The minimum Gasteiger partial charge on any atom is -0.339 e. The van der Waals surface area contributed by atoms with E-state index < -0.39 is 0 Å². The lowest BCUT2D eigenvalue weighted by Crippen LogP contribution is -2.02. The highest BCUT2D eigenvalue weighted by Gasteiger charge is 2.11. The molecule has 2 N–H and O–H groups in total. The molecule has 0 aliphatic heterocycles. The van der Waals surface area contributed by atoms with E-state index in [9.17, 15) is 0 Å². The number of hydrogen-bond donors (Lipinski definition) is 1. The van der Waals surface area contributed by atoms with E-state index in [1.807, 2.05) is 0 Å². The standard InChI is InChI=1S/C10H9Cl2N3O/c11-6-1-2-7(8(12)5-6)10-14-9(3-4-13)16-15-10/h1-2,5H,3-4,13H2. The number of benzene rings is 1. The normalized spacial score (nSPS) is 10.7. The van der Waals surface area contributed by atoms with Gasteiger partial charge in [-0.15, -0.1) is 0 Å². The van der Waals surface area contributed by atoms with Gasteiger partial charge in [-0.1, -0.05) is 28.4 Å². The molecule has 16 heavy (non-hydrogen) atoms. The van der Waals surface area contributed by atoms with Crippen molar-refractivity contribution in [2.45, 2.75) is 6.42 Å². The number of halogens is 2. The number of aromatic nitrogens is 2. The summed E-state index contributed by atoms with van der Waals surface area (Å²) in [6, 6.07) is 5.11. The summed E-state index contributed by atoms with van der Waals surface area (Å²) in [7, 11) is 0. The van der Waals surface area contributed by atoms with E-state index in [0.29, 0.717) is 40.3 Å².